The van der Waals surface area contributed by atoms with Crippen molar-refractivity contribution >= 4 is 16.1 Å². The summed E-state index contributed by atoms with van der Waals surface area (Å²) in [5, 5.41) is 2.63. The molecule has 7 nitrogen and oxygen atoms in total. The van der Waals surface area contributed by atoms with Gasteiger partial charge in [0.1, 0.15) is 11.6 Å². The molecule has 2 atom stereocenters. The lowest BCUT2D eigenvalue weighted by molar-refractivity contribution is -0.274. The molecule has 2 fully saturated rings. The summed E-state index contributed by atoms with van der Waals surface area (Å²) in [5.41, 5.74) is 0.0267. The van der Waals surface area contributed by atoms with Gasteiger partial charge in [0.25, 0.3) is 0 Å². The third kappa shape index (κ3) is 7.23. The van der Waals surface area contributed by atoms with E-state index in [1.54, 1.807) is 4.90 Å². The van der Waals surface area contributed by atoms with Crippen LogP contribution in [-0.4, -0.2) is 50.1 Å². The average molecular weight is 467 g/mol. The lowest BCUT2D eigenvalue weighted by Crippen LogP contribution is -2.51. The van der Waals surface area contributed by atoms with Crippen LogP contribution >= 0.6 is 0 Å². The quantitative estimate of drug-likeness (QED) is 0.603. The summed E-state index contributed by atoms with van der Waals surface area (Å²) >= 11 is 0. The molecule has 0 unspecified atom stereocenters. The molecule has 2 aliphatic rings. The molecule has 31 heavy (non-hydrogen) atoms. The minimum Gasteiger partial charge on any atom is -0.406 e. The summed E-state index contributed by atoms with van der Waals surface area (Å²) in [7, 11) is -3.36. The Morgan fingerprint density at radius 2 is 1.90 bits per heavy atom. The smallest absolute Gasteiger partial charge is 0.406 e. The van der Waals surface area contributed by atoms with Gasteiger partial charge < -0.3 is 15.0 Å². The number of benzene rings is 1. The van der Waals surface area contributed by atoms with Gasteiger partial charge in [-0.05, 0) is 44.6 Å². The van der Waals surface area contributed by atoms with Crippen molar-refractivity contribution in [2.24, 2.45) is 0 Å². The highest BCUT2D eigenvalue weighted by atomic mass is 32.2. The van der Waals surface area contributed by atoms with Crippen molar-refractivity contribution in [1.82, 2.24) is 14.9 Å². The number of hydrogen-bond acceptors (Lipinski definition) is 4. The van der Waals surface area contributed by atoms with Crippen LogP contribution in [0.3, 0.4) is 0 Å². The average Bonchev–Trinajstić information content (AvgIpc) is 3.43. The summed E-state index contributed by atoms with van der Waals surface area (Å²) in [4.78, 5) is 14.5. The van der Waals surface area contributed by atoms with Gasteiger partial charge in [-0.15, -0.1) is 13.2 Å². The standard InChI is InChI=1S/C19H25F4N3O4S/c1-31(28,29)25-13-3-2-4-15(9-13)26(14-6-7-14)18(27)24-11-12-5-8-16(10-17(12)20)30-19(21,22)23/h5,8,10,13-15,25H,2-4,6-7,9,11H2,1H3,(H,24,27)/t13-,15-/m1/s1. The van der Waals surface area contributed by atoms with E-state index >= 15 is 0 Å². The Morgan fingerprint density at radius 3 is 2.48 bits per heavy atom. The molecule has 2 amide bonds. The molecule has 1 aromatic carbocycles. The van der Waals surface area contributed by atoms with Crippen molar-refractivity contribution in [2.75, 3.05) is 6.26 Å². The molecule has 0 bridgehead atoms. The van der Waals surface area contributed by atoms with Gasteiger partial charge in [0.05, 0.1) is 6.26 Å². The van der Waals surface area contributed by atoms with Gasteiger partial charge in [-0.25, -0.2) is 22.3 Å². The van der Waals surface area contributed by atoms with Gasteiger partial charge in [-0.3, -0.25) is 0 Å². The summed E-state index contributed by atoms with van der Waals surface area (Å²) in [6.07, 6.45) is 0.555. The first-order valence-corrected chi connectivity index (χ1v) is 11.9. The van der Waals surface area contributed by atoms with E-state index in [0.29, 0.717) is 18.9 Å². The number of urea groups is 1. The Kier molecular flexibility index (Phi) is 6.99. The van der Waals surface area contributed by atoms with Crippen molar-refractivity contribution < 1.29 is 35.5 Å². The van der Waals surface area contributed by atoms with E-state index in [4.69, 9.17) is 0 Å². The van der Waals surface area contributed by atoms with E-state index in [1.165, 1.54) is 0 Å². The molecule has 12 heteroatoms. The summed E-state index contributed by atoms with van der Waals surface area (Å²) in [6.45, 7) is -0.197. The van der Waals surface area contributed by atoms with Gasteiger partial charge >= 0.3 is 12.4 Å². The first-order chi connectivity index (χ1) is 14.4. The van der Waals surface area contributed by atoms with E-state index in [-0.39, 0.29) is 30.2 Å². The first-order valence-electron chi connectivity index (χ1n) is 9.99. The van der Waals surface area contributed by atoms with Gasteiger partial charge in [0, 0.05) is 36.3 Å². The lowest BCUT2D eigenvalue weighted by atomic mass is 9.90. The summed E-state index contributed by atoms with van der Waals surface area (Å²) in [6, 6.07) is 1.99. The lowest BCUT2D eigenvalue weighted by Gasteiger charge is -2.37. The Morgan fingerprint density at radius 1 is 1.19 bits per heavy atom. The van der Waals surface area contributed by atoms with E-state index in [2.05, 4.69) is 14.8 Å². The zero-order valence-electron chi connectivity index (χ0n) is 16.9. The maximum Gasteiger partial charge on any atom is 0.573 e. The number of ether oxygens (including phenoxy) is 1. The van der Waals surface area contributed by atoms with Crippen LogP contribution in [0.5, 0.6) is 5.75 Å². The molecule has 0 heterocycles. The monoisotopic (exact) mass is 467 g/mol. The molecular formula is C19H25F4N3O4S. The Bertz CT molecular complexity index is 906. The second-order valence-electron chi connectivity index (χ2n) is 8.01. The molecule has 2 aliphatic carbocycles. The minimum absolute atomic E-state index is 0.0267. The van der Waals surface area contributed by atoms with Crippen LogP contribution < -0.4 is 14.8 Å². The molecule has 1 aromatic rings. The fraction of sp³-hybridized carbons (Fsp3) is 0.632. The molecule has 0 spiro atoms. The van der Waals surface area contributed by atoms with Crippen molar-refractivity contribution in [3.63, 3.8) is 0 Å². The third-order valence-electron chi connectivity index (χ3n) is 5.28. The highest BCUT2D eigenvalue weighted by molar-refractivity contribution is 7.88. The van der Waals surface area contributed by atoms with Crippen molar-refractivity contribution in [3.8, 4) is 5.75 Å². The largest absolute Gasteiger partial charge is 0.573 e. The van der Waals surface area contributed by atoms with Gasteiger partial charge in [-0.2, -0.15) is 0 Å². The predicted molar refractivity (Wildman–Crippen MR) is 104 cm³/mol. The van der Waals surface area contributed by atoms with E-state index in [1.807, 2.05) is 0 Å². The summed E-state index contributed by atoms with van der Waals surface area (Å²) < 4.78 is 80.2. The number of carbonyl (C=O) groups excluding carboxylic acids is 1. The zero-order chi connectivity index (χ0) is 22.8. The van der Waals surface area contributed by atoms with E-state index in [9.17, 15) is 30.8 Å². The number of alkyl halides is 3. The highest BCUT2D eigenvalue weighted by Gasteiger charge is 2.39. The normalized spacial score (nSPS) is 22.1. The SMILES string of the molecule is CS(=O)(=O)N[C@@H]1CCC[C@@H](N(C(=O)NCc2ccc(OC(F)(F)F)cc2F)C2CC2)C1. The first kappa shape index (κ1) is 23.6. The predicted octanol–water partition coefficient (Wildman–Crippen LogP) is 3.26. The third-order valence-corrected chi connectivity index (χ3v) is 6.05. The number of rotatable bonds is 7. The molecule has 0 aromatic heterocycles. The van der Waals surface area contributed by atoms with Crippen LogP contribution in [0.4, 0.5) is 22.4 Å². The van der Waals surface area contributed by atoms with Crippen LogP contribution in [0.2, 0.25) is 0 Å². The van der Waals surface area contributed by atoms with Crippen LogP contribution in [0.15, 0.2) is 18.2 Å². The van der Waals surface area contributed by atoms with E-state index in [0.717, 1.165) is 44.1 Å². The molecule has 2 saturated carbocycles. The summed E-state index contributed by atoms with van der Waals surface area (Å²) in [5.74, 6) is -1.60. The molecule has 174 valence electrons. The van der Waals surface area contributed by atoms with Crippen molar-refractivity contribution in [2.45, 2.75) is 69.6 Å². The maximum absolute atomic E-state index is 14.1. The van der Waals surface area contributed by atoms with Crippen molar-refractivity contribution in [3.05, 3.63) is 29.6 Å². The Hall–Kier alpha value is -2.08. The number of hydrogen-bond donors (Lipinski definition) is 2. The molecule has 2 N–H and O–H groups in total. The maximum atomic E-state index is 14.1. The fourth-order valence-corrected chi connectivity index (χ4v) is 4.76. The van der Waals surface area contributed by atoms with E-state index < -0.39 is 34.0 Å². The minimum atomic E-state index is -4.92. The van der Waals surface area contributed by atoms with Crippen LogP contribution in [-0.2, 0) is 16.6 Å². The Labute approximate surface area is 178 Å². The van der Waals surface area contributed by atoms with Gasteiger partial charge in [-0.1, -0.05) is 6.07 Å². The highest BCUT2D eigenvalue weighted by Crippen LogP contribution is 2.34. The van der Waals surface area contributed by atoms with Crippen molar-refractivity contribution in [1.29, 1.82) is 0 Å². The second-order valence-corrected chi connectivity index (χ2v) is 9.79. The van der Waals surface area contributed by atoms with Gasteiger partial charge in [0.15, 0.2) is 0 Å². The molecule has 3 rings (SSSR count). The fourth-order valence-electron chi connectivity index (χ4n) is 3.94. The Balaban J connectivity index is 1.61. The van der Waals surface area contributed by atoms with Crippen LogP contribution in [0.1, 0.15) is 44.1 Å². The number of amides is 2. The number of sulfonamides is 1. The second kappa shape index (κ2) is 9.19. The molecule has 0 saturated heterocycles. The molecular weight excluding hydrogens is 442 g/mol. The molecule has 0 radical (unpaired) electrons. The number of halogens is 4. The topological polar surface area (TPSA) is 87.7 Å². The number of carbonyl (C=O) groups is 1. The molecule has 0 aliphatic heterocycles. The van der Waals surface area contributed by atoms with Crippen LogP contribution in [0, 0.1) is 5.82 Å². The zero-order valence-corrected chi connectivity index (χ0v) is 17.7. The van der Waals surface area contributed by atoms with Crippen LogP contribution in [0.25, 0.3) is 0 Å². The number of nitrogens with one attached hydrogen (secondary N) is 2. The number of nitrogens with zero attached hydrogens (tertiary/aromatic N) is 1. The van der Waals surface area contributed by atoms with Gasteiger partial charge in [0.2, 0.25) is 10.0 Å².